The van der Waals surface area contributed by atoms with Crippen molar-refractivity contribution < 1.29 is 4.79 Å². The maximum absolute atomic E-state index is 12.1. The van der Waals surface area contributed by atoms with Gasteiger partial charge in [-0.1, -0.05) is 24.1 Å². The molecule has 2 aromatic rings. The lowest BCUT2D eigenvalue weighted by atomic mass is 10.2. The molecule has 116 valence electrons. The zero-order valence-electron chi connectivity index (χ0n) is 12.4. The van der Waals surface area contributed by atoms with Crippen LogP contribution in [-0.4, -0.2) is 11.0 Å². The van der Waals surface area contributed by atoms with Gasteiger partial charge < -0.3 is 5.32 Å². The maximum atomic E-state index is 12.1. The van der Waals surface area contributed by atoms with E-state index < -0.39 is 0 Å². The fraction of sp³-hybridized carbons (Fsp3) is 0.375. The van der Waals surface area contributed by atoms with Crippen molar-refractivity contribution in [1.29, 1.82) is 0 Å². The molecule has 2 N–H and O–H groups in total. The van der Waals surface area contributed by atoms with Crippen LogP contribution in [0, 0.1) is 6.92 Å². The largest absolute Gasteiger partial charge is 0.325 e. The zero-order chi connectivity index (χ0) is 15.5. The van der Waals surface area contributed by atoms with Crippen molar-refractivity contribution in [2.75, 3.05) is 10.6 Å². The second-order valence-corrected chi connectivity index (χ2v) is 6.98. The molecule has 0 spiro atoms. The molecule has 22 heavy (non-hydrogen) atoms. The smallest absolute Gasteiger partial charge is 0.308 e. The molecule has 1 aromatic carbocycles. The first-order valence-corrected chi connectivity index (χ1v) is 8.64. The van der Waals surface area contributed by atoms with Gasteiger partial charge >= 0.3 is 6.03 Å². The highest BCUT2D eigenvalue weighted by atomic mass is 35.5. The first-order valence-electron chi connectivity index (χ1n) is 7.44. The fourth-order valence-electron chi connectivity index (χ4n) is 2.51. The Kier molecular flexibility index (Phi) is 4.64. The van der Waals surface area contributed by atoms with E-state index >= 15 is 0 Å². The summed E-state index contributed by atoms with van der Waals surface area (Å²) in [5, 5.41) is 6.91. The van der Waals surface area contributed by atoms with Crippen LogP contribution >= 0.6 is 22.9 Å². The van der Waals surface area contributed by atoms with E-state index in [1.165, 1.54) is 24.1 Å². The van der Waals surface area contributed by atoms with Crippen LogP contribution in [-0.2, 0) is 12.8 Å². The highest BCUT2D eigenvalue weighted by molar-refractivity contribution is 7.15. The number of fused-ring (bicyclic) bond motifs is 1. The summed E-state index contributed by atoms with van der Waals surface area (Å²) in [7, 11) is 0. The molecular weight excluding hydrogens is 318 g/mol. The van der Waals surface area contributed by atoms with E-state index in [2.05, 4.69) is 15.6 Å². The quantitative estimate of drug-likeness (QED) is 0.757. The van der Waals surface area contributed by atoms with Crippen LogP contribution in [0.3, 0.4) is 0 Å². The number of benzene rings is 1. The number of nitrogens with one attached hydrogen (secondary N) is 2. The molecule has 0 radical (unpaired) electrons. The minimum atomic E-state index is -0.288. The van der Waals surface area contributed by atoms with Gasteiger partial charge in [0.15, 0.2) is 5.13 Å². The van der Waals surface area contributed by atoms with Gasteiger partial charge in [-0.05, 0) is 50.3 Å². The topological polar surface area (TPSA) is 54.0 Å². The van der Waals surface area contributed by atoms with Gasteiger partial charge in [-0.3, -0.25) is 5.32 Å². The van der Waals surface area contributed by atoms with Crippen LogP contribution in [0.2, 0.25) is 5.02 Å². The molecule has 0 fully saturated rings. The monoisotopic (exact) mass is 335 g/mol. The number of urea groups is 1. The molecular formula is C16H18ClN3OS. The normalized spacial score (nSPS) is 14.1. The molecule has 1 heterocycles. The molecule has 0 atom stereocenters. The van der Waals surface area contributed by atoms with Crippen molar-refractivity contribution >= 4 is 39.8 Å². The summed E-state index contributed by atoms with van der Waals surface area (Å²) in [4.78, 5) is 17.9. The lowest BCUT2D eigenvalue weighted by Gasteiger charge is -2.07. The average molecular weight is 336 g/mol. The van der Waals surface area contributed by atoms with Crippen molar-refractivity contribution in [3.63, 3.8) is 0 Å². The summed E-state index contributed by atoms with van der Waals surface area (Å²) < 4.78 is 0. The molecule has 3 rings (SSSR count). The third-order valence-electron chi connectivity index (χ3n) is 3.75. The van der Waals surface area contributed by atoms with Crippen molar-refractivity contribution in [3.05, 3.63) is 39.4 Å². The Labute approximate surface area is 138 Å². The number of nitrogens with zero attached hydrogens (tertiary/aromatic N) is 1. The highest BCUT2D eigenvalue weighted by Crippen LogP contribution is 2.29. The molecule has 2 amide bonds. The Bertz CT molecular complexity index is 675. The van der Waals surface area contributed by atoms with Crippen LogP contribution in [0.4, 0.5) is 15.6 Å². The molecule has 4 nitrogen and oxygen atoms in total. The third-order valence-corrected chi connectivity index (χ3v) is 5.23. The third kappa shape index (κ3) is 3.59. The van der Waals surface area contributed by atoms with Gasteiger partial charge in [0.05, 0.1) is 5.69 Å². The summed E-state index contributed by atoms with van der Waals surface area (Å²) in [6.45, 7) is 1.93. The van der Waals surface area contributed by atoms with Crippen molar-refractivity contribution in [2.45, 2.75) is 39.0 Å². The molecule has 0 bridgehead atoms. The van der Waals surface area contributed by atoms with Crippen molar-refractivity contribution in [3.8, 4) is 0 Å². The van der Waals surface area contributed by atoms with Crippen LogP contribution in [0.5, 0.6) is 0 Å². The van der Waals surface area contributed by atoms with Gasteiger partial charge in [0.2, 0.25) is 0 Å². The van der Waals surface area contributed by atoms with E-state index in [9.17, 15) is 4.79 Å². The summed E-state index contributed by atoms with van der Waals surface area (Å²) in [6.07, 6.45) is 5.75. The number of halogens is 1. The molecule has 0 saturated carbocycles. The van der Waals surface area contributed by atoms with E-state index in [-0.39, 0.29) is 6.03 Å². The minimum Gasteiger partial charge on any atom is -0.308 e. The molecule has 6 heteroatoms. The number of aryl methyl sites for hydroxylation is 3. The molecule has 1 aliphatic rings. The number of hydrogen-bond donors (Lipinski definition) is 2. The van der Waals surface area contributed by atoms with E-state index in [1.54, 1.807) is 17.4 Å². The number of rotatable bonds is 2. The minimum absolute atomic E-state index is 0.288. The van der Waals surface area contributed by atoms with Gasteiger partial charge in [-0.25, -0.2) is 9.78 Å². The van der Waals surface area contributed by atoms with Crippen molar-refractivity contribution in [2.24, 2.45) is 0 Å². The first kappa shape index (κ1) is 15.3. The lowest BCUT2D eigenvalue weighted by Crippen LogP contribution is -2.19. The van der Waals surface area contributed by atoms with Crippen LogP contribution in [0.15, 0.2) is 18.2 Å². The Morgan fingerprint density at radius 1 is 1.23 bits per heavy atom. The van der Waals surface area contributed by atoms with Gasteiger partial charge in [-0.2, -0.15) is 0 Å². The van der Waals surface area contributed by atoms with Gasteiger partial charge in [0.25, 0.3) is 0 Å². The number of amides is 2. The standard InChI is InChI=1S/C16H18ClN3OS/c1-10-7-8-11(9-12(10)17)18-15(21)20-16-19-13-5-3-2-4-6-14(13)22-16/h7-9H,2-6H2,1H3,(H2,18,19,20,21). The predicted molar refractivity (Wildman–Crippen MR) is 92.2 cm³/mol. The number of thiazole rings is 1. The van der Waals surface area contributed by atoms with E-state index in [0.29, 0.717) is 15.8 Å². The SMILES string of the molecule is Cc1ccc(NC(=O)Nc2nc3c(s2)CCCCC3)cc1Cl. The average Bonchev–Trinajstić information content (AvgIpc) is 2.71. The molecule has 0 saturated heterocycles. The Morgan fingerprint density at radius 3 is 2.86 bits per heavy atom. The maximum Gasteiger partial charge on any atom is 0.325 e. The number of anilines is 2. The van der Waals surface area contributed by atoms with Gasteiger partial charge in [-0.15, -0.1) is 11.3 Å². The Morgan fingerprint density at radius 2 is 2.05 bits per heavy atom. The van der Waals surface area contributed by atoms with Crippen LogP contribution in [0.1, 0.15) is 35.4 Å². The highest BCUT2D eigenvalue weighted by Gasteiger charge is 2.15. The zero-order valence-corrected chi connectivity index (χ0v) is 14.0. The predicted octanol–water partition coefficient (Wildman–Crippen LogP) is 5.02. The van der Waals surface area contributed by atoms with Gasteiger partial charge in [0.1, 0.15) is 0 Å². The molecule has 0 unspecified atom stereocenters. The second kappa shape index (κ2) is 6.67. The van der Waals surface area contributed by atoms with Gasteiger partial charge in [0, 0.05) is 15.6 Å². The lowest BCUT2D eigenvalue weighted by molar-refractivity contribution is 0.262. The summed E-state index contributed by atoms with van der Waals surface area (Å²) >= 11 is 7.64. The Balaban J connectivity index is 1.65. The fourth-order valence-corrected chi connectivity index (χ4v) is 3.74. The first-order chi connectivity index (χ1) is 10.6. The van der Waals surface area contributed by atoms with E-state index in [4.69, 9.17) is 11.6 Å². The van der Waals surface area contributed by atoms with Crippen LogP contribution < -0.4 is 10.6 Å². The molecule has 0 aliphatic heterocycles. The number of aromatic nitrogens is 1. The van der Waals surface area contributed by atoms with Crippen molar-refractivity contribution in [1.82, 2.24) is 4.98 Å². The summed E-state index contributed by atoms with van der Waals surface area (Å²) in [6, 6.07) is 5.17. The summed E-state index contributed by atoms with van der Waals surface area (Å²) in [5.74, 6) is 0. The molecule has 1 aromatic heterocycles. The molecule has 1 aliphatic carbocycles. The van der Waals surface area contributed by atoms with Crippen LogP contribution in [0.25, 0.3) is 0 Å². The van der Waals surface area contributed by atoms with E-state index in [0.717, 1.165) is 24.1 Å². The number of carbonyl (C=O) groups excluding carboxylic acids is 1. The number of carbonyl (C=O) groups is 1. The van der Waals surface area contributed by atoms with E-state index in [1.807, 2.05) is 19.1 Å². The number of hydrogen-bond acceptors (Lipinski definition) is 3. The second-order valence-electron chi connectivity index (χ2n) is 5.49. The summed E-state index contributed by atoms with van der Waals surface area (Å²) in [5.41, 5.74) is 2.80. The Hall–Kier alpha value is -1.59.